The van der Waals surface area contributed by atoms with Crippen LogP contribution >= 0.6 is 11.8 Å². The summed E-state index contributed by atoms with van der Waals surface area (Å²) in [5.41, 5.74) is 3.22. The van der Waals surface area contributed by atoms with Crippen LogP contribution < -0.4 is 5.63 Å². The fourth-order valence-electron chi connectivity index (χ4n) is 2.09. The standard InChI is InChI=1S/C16H18O4S/c1-4-19-15(18)9-21-8-12-7-14(17)20-16-11(3)10(2)5-6-13(12)16/h5-7H,4,8-9H2,1-3H3. The van der Waals surface area contributed by atoms with Crippen molar-refractivity contribution in [2.24, 2.45) is 0 Å². The van der Waals surface area contributed by atoms with Crippen molar-refractivity contribution in [3.63, 3.8) is 0 Å². The van der Waals surface area contributed by atoms with E-state index in [2.05, 4.69) is 0 Å². The molecule has 0 saturated heterocycles. The fraction of sp³-hybridized carbons (Fsp3) is 0.375. The van der Waals surface area contributed by atoms with Crippen molar-refractivity contribution >= 4 is 28.7 Å². The lowest BCUT2D eigenvalue weighted by Gasteiger charge is -2.08. The summed E-state index contributed by atoms with van der Waals surface area (Å²) in [5.74, 6) is 0.617. The Morgan fingerprint density at radius 3 is 2.81 bits per heavy atom. The first kappa shape index (κ1) is 15.6. The minimum atomic E-state index is -0.358. The van der Waals surface area contributed by atoms with E-state index in [9.17, 15) is 9.59 Å². The van der Waals surface area contributed by atoms with Crippen LogP contribution in [-0.2, 0) is 15.3 Å². The quantitative estimate of drug-likeness (QED) is 0.627. The molecule has 0 spiro atoms. The summed E-state index contributed by atoms with van der Waals surface area (Å²) >= 11 is 1.43. The van der Waals surface area contributed by atoms with E-state index in [4.69, 9.17) is 9.15 Å². The fourth-order valence-corrected chi connectivity index (χ4v) is 2.90. The molecular formula is C16H18O4S. The van der Waals surface area contributed by atoms with E-state index in [1.807, 2.05) is 26.0 Å². The van der Waals surface area contributed by atoms with Gasteiger partial charge in [-0.25, -0.2) is 4.79 Å². The number of hydrogen-bond acceptors (Lipinski definition) is 5. The molecule has 1 aromatic carbocycles. The molecule has 5 heteroatoms. The molecule has 1 heterocycles. The van der Waals surface area contributed by atoms with Gasteiger partial charge in [0, 0.05) is 17.2 Å². The third kappa shape index (κ3) is 3.67. The van der Waals surface area contributed by atoms with Gasteiger partial charge >= 0.3 is 11.6 Å². The van der Waals surface area contributed by atoms with Crippen LogP contribution in [0, 0.1) is 13.8 Å². The van der Waals surface area contributed by atoms with Gasteiger partial charge in [0.1, 0.15) is 5.58 Å². The summed E-state index contributed by atoms with van der Waals surface area (Å²) in [4.78, 5) is 23.0. The maximum atomic E-state index is 11.7. The predicted molar refractivity (Wildman–Crippen MR) is 84.8 cm³/mol. The predicted octanol–water partition coefficient (Wildman–Crippen LogP) is 3.21. The van der Waals surface area contributed by atoms with Crippen LogP contribution in [0.25, 0.3) is 11.0 Å². The first-order valence-electron chi connectivity index (χ1n) is 6.79. The highest BCUT2D eigenvalue weighted by atomic mass is 32.2. The van der Waals surface area contributed by atoms with Gasteiger partial charge in [0.15, 0.2) is 0 Å². The Morgan fingerprint density at radius 2 is 2.10 bits per heavy atom. The maximum absolute atomic E-state index is 11.7. The third-order valence-electron chi connectivity index (χ3n) is 3.30. The molecule has 0 aliphatic carbocycles. The summed E-state index contributed by atoms with van der Waals surface area (Å²) in [6.45, 7) is 6.09. The second-order valence-corrected chi connectivity index (χ2v) is 5.76. The van der Waals surface area contributed by atoms with Crippen molar-refractivity contribution in [1.82, 2.24) is 0 Å². The zero-order valence-corrected chi connectivity index (χ0v) is 13.2. The van der Waals surface area contributed by atoms with Crippen LogP contribution in [0.15, 0.2) is 27.4 Å². The molecule has 0 aliphatic rings. The summed E-state index contributed by atoms with van der Waals surface area (Å²) in [5, 5.41) is 0.925. The van der Waals surface area contributed by atoms with E-state index in [1.54, 1.807) is 6.92 Å². The number of carbonyl (C=O) groups excluding carboxylic acids is 1. The second kappa shape index (κ2) is 6.80. The van der Waals surface area contributed by atoms with E-state index in [0.29, 0.717) is 17.9 Å². The van der Waals surface area contributed by atoms with Gasteiger partial charge in [-0.3, -0.25) is 4.79 Å². The van der Waals surface area contributed by atoms with Crippen molar-refractivity contribution in [1.29, 1.82) is 0 Å². The molecule has 0 fully saturated rings. The van der Waals surface area contributed by atoms with Gasteiger partial charge in [-0.2, -0.15) is 0 Å². The van der Waals surface area contributed by atoms with Crippen LogP contribution in [0.3, 0.4) is 0 Å². The van der Waals surface area contributed by atoms with Crippen LogP contribution in [0.2, 0.25) is 0 Å². The zero-order valence-electron chi connectivity index (χ0n) is 12.4. The van der Waals surface area contributed by atoms with Crippen molar-refractivity contribution in [3.8, 4) is 0 Å². The largest absolute Gasteiger partial charge is 0.465 e. The van der Waals surface area contributed by atoms with E-state index >= 15 is 0 Å². The Hall–Kier alpha value is -1.75. The number of ether oxygens (including phenoxy) is 1. The van der Waals surface area contributed by atoms with Gasteiger partial charge in [-0.05, 0) is 37.5 Å². The molecule has 0 saturated carbocycles. The molecule has 4 nitrogen and oxygen atoms in total. The first-order valence-corrected chi connectivity index (χ1v) is 7.94. The highest BCUT2D eigenvalue weighted by Crippen LogP contribution is 2.25. The van der Waals surface area contributed by atoms with E-state index < -0.39 is 0 Å². The molecule has 2 rings (SSSR count). The lowest BCUT2D eigenvalue weighted by molar-refractivity contribution is -0.139. The van der Waals surface area contributed by atoms with Gasteiger partial charge in [0.25, 0.3) is 0 Å². The summed E-state index contributed by atoms with van der Waals surface area (Å²) in [6.07, 6.45) is 0. The van der Waals surface area contributed by atoms with E-state index in [0.717, 1.165) is 22.1 Å². The number of benzene rings is 1. The highest BCUT2D eigenvalue weighted by molar-refractivity contribution is 7.99. The lowest BCUT2D eigenvalue weighted by Crippen LogP contribution is -2.07. The Labute approximate surface area is 127 Å². The Bertz CT molecular complexity index is 718. The molecule has 0 bridgehead atoms. The number of aryl methyl sites for hydroxylation is 2. The van der Waals surface area contributed by atoms with Crippen LogP contribution in [0.1, 0.15) is 23.6 Å². The summed E-state index contributed by atoms with van der Waals surface area (Å²) < 4.78 is 10.2. The molecule has 0 aliphatic heterocycles. The second-order valence-electron chi connectivity index (χ2n) is 4.77. The first-order chi connectivity index (χ1) is 10.0. The van der Waals surface area contributed by atoms with Crippen molar-refractivity contribution in [2.75, 3.05) is 12.4 Å². The number of fused-ring (bicyclic) bond motifs is 1. The highest BCUT2D eigenvalue weighted by Gasteiger charge is 2.10. The van der Waals surface area contributed by atoms with Gasteiger partial charge in [-0.15, -0.1) is 11.8 Å². The molecule has 2 aromatic rings. The average molecular weight is 306 g/mol. The number of thioether (sulfide) groups is 1. The SMILES string of the molecule is CCOC(=O)CSCc1cc(=O)oc2c(C)c(C)ccc12. The molecule has 0 amide bonds. The van der Waals surface area contributed by atoms with Crippen LogP contribution in [0.5, 0.6) is 0 Å². The Kier molecular flexibility index (Phi) is 5.07. The summed E-state index contributed by atoms with van der Waals surface area (Å²) in [7, 11) is 0. The van der Waals surface area contributed by atoms with Crippen LogP contribution in [-0.4, -0.2) is 18.3 Å². The van der Waals surface area contributed by atoms with E-state index in [1.165, 1.54) is 17.8 Å². The molecular weight excluding hydrogens is 288 g/mol. The average Bonchev–Trinajstić information content (AvgIpc) is 2.43. The van der Waals surface area contributed by atoms with Gasteiger partial charge in [0.05, 0.1) is 12.4 Å². The topological polar surface area (TPSA) is 56.5 Å². The number of esters is 1. The zero-order chi connectivity index (χ0) is 15.4. The van der Waals surface area contributed by atoms with Gasteiger partial charge in [0.2, 0.25) is 0 Å². The minimum absolute atomic E-state index is 0.234. The van der Waals surface area contributed by atoms with Gasteiger partial charge < -0.3 is 9.15 Å². The molecule has 0 unspecified atom stereocenters. The monoisotopic (exact) mass is 306 g/mol. The Morgan fingerprint density at radius 1 is 1.33 bits per heavy atom. The number of carbonyl (C=O) groups is 1. The van der Waals surface area contributed by atoms with E-state index in [-0.39, 0.29) is 17.3 Å². The normalized spacial score (nSPS) is 10.8. The molecule has 21 heavy (non-hydrogen) atoms. The number of rotatable bonds is 5. The smallest absolute Gasteiger partial charge is 0.336 e. The van der Waals surface area contributed by atoms with Crippen LogP contribution in [0.4, 0.5) is 0 Å². The third-order valence-corrected chi connectivity index (χ3v) is 4.26. The van der Waals surface area contributed by atoms with Crippen molar-refractivity contribution in [2.45, 2.75) is 26.5 Å². The maximum Gasteiger partial charge on any atom is 0.336 e. The van der Waals surface area contributed by atoms with Gasteiger partial charge in [-0.1, -0.05) is 12.1 Å². The molecule has 0 N–H and O–H groups in total. The molecule has 1 aromatic heterocycles. The lowest BCUT2D eigenvalue weighted by atomic mass is 10.0. The molecule has 0 atom stereocenters. The van der Waals surface area contributed by atoms with Crippen molar-refractivity contribution in [3.05, 3.63) is 45.3 Å². The minimum Gasteiger partial charge on any atom is -0.465 e. The molecule has 112 valence electrons. The summed E-state index contributed by atoms with van der Waals surface area (Å²) in [6, 6.07) is 5.47. The molecule has 0 radical (unpaired) electrons. The van der Waals surface area contributed by atoms with Crippen molar-refractivity contribution < 1.29 is 13.9 Å². The Balaban J connectivity index is 2.26. The number of hydrogen-bond donors (Lipinski definition) is 0.